The summed E-state index contributed by atoms with van der Waals surface area (Å²) in [7, 11) is 0. The lowest BCUT2D eigenvalue weighted by atomic mass is 9.82. The van der Waals surface area contributed by atoms with Gasteiger partial charge in [-0.05, 0) is 44.2 Å². The summed E-state index contributed by atoms with van der Waals surface area (Å²) in [5.41, 5.74) is 1.41. The zero-order valence-electron chi connectivity index (χ0n) is 14.7. The number of carbonyl (C=O) groups excluding carboxylic acids is 1. The Morgan fingerprint density at radius 3 is 2.84 bits per heavy atom. The number of amides is 1. The lowest BCUT2D eigenvalue weighted by Gasteiger charge is -2.30. The maximum absolute atomic E-state index is 12.7. The number of hydrogen-bond acceptors (Lipinski definition) is 4. The van der Waals surface area contributed by atoms with Crippen LogP contribution in [-0.4, -0.2) is 38.8 Å². The van der Waals surface area contributed by atoms with Crippen LogP contribution in [0.25, 0.3) is 11.4 Å². The van der Waals surface area contributed by atoms with Gasteiger partial charge in [0.25, 0.3) is 5.91 Å². The van der Waals surface area contributed by atoms with Crippen molar-refractivity contribution in [3.8, 4) is 11.4 Å². The van der Waals surface area contributed by atoms with Crippen molar-refractivity contribution >= 4 is 5.91 Å². The monoisotopic (exact) mass is 342 g/mol. The molecule has 0 spiro atoms. The van der Waals surface area contributed by atoms with E-state index in [1.807, 2.05) is 25.1 Å². The fraction of sp³-hybridized carbons (Fsp3) is 0.526. The molecule has 0 radical (unpaired) electrons. The van der Waals surface area contributed by atoms with E-state index in [2.05, 4.69) is 20.5 Å². The van der Waals surface area contributed by atoms with Crippen molar-refractivity contribution in [2.45, 2.75) is 51.5 Å². The molecule has 6 heteroatoms. The van der Waals surface area contributed by atoms with E-state index in [0.29, 0.717) is 23.7 Å². The van der Waals surface area contributed by atoms with E-state index in [4.69, 9.17) is 0 Å². The van der Waals surface area contributed by atoms with Gasteiger partial charge in [-0.15, -0.1) is 0 Å². The molecule has 0 bridgehead atoms. The maximum atomic E-state index is 12.7. The van der Waals surface area contributed by atoms with Crippen LogP contribution < -0.4 is 5.32 Å². The second-order valence-electron chi connectivity index (χ2n) is 6.82. The fourth-order valence-corrected chi connectivity index (χ4v) is 3.62. The largest absolute Gasteiger partial charge is 0.396 e. The Kier molecular flexibility index (Phi) is 5.81. The van der Waals surface area contributed by atoms with E-state index >= 15 is 0 Å². The van der Waals surface area contributed by atoms with Gasteiger partial charge in [-0.3, -0.25) is 9.89 Å². The number of benzene rings is 1. The number of nitrogens with one attached hydrogen (secondary N) is 2. The van der Waals surface area contributed by atoms with Crippen molar-refractivity contribution in [3.05, 3.63) is 35.7 Å². The standard InChI is InChI=1S/C19H26N4O2/c1-13-20-18(23-22-13)15-8-5-9-16(12-15)19(25)21-17(10-11-24)14-6-3-2-4-7-14/h5,8-9,12,14,17,24H,2-4,6-7,10-11H2,1H3,(H,21,25)(H,20,22,23). The van der Waals surface area contributed by atoms with Crippen LogP contribution in [0.2, 0.25) is 0 Å². The first-order valence-corrected chi connectivity index (χ1v) is 9.08. The van der Waals surface area contributed by atoms with E-state index in [9.17, 15) is 9.90 Å². The van der Waals surface area contributed by atoms with Gasteiger partial charge >= 0.3 is 0 Å². The molecule has 1 saturated carbocycles. The van der Waals surface area contributed by atoms with Gasteiger partial charge in [0.15, 0.2) is 5.82 Å². The number of hydrogen-bond donors (Lipinski definition) is 3. The SMILES string of the molecule is Cc1nc(-c2cccc(C(=O)NC(CCO)C3CCCCC3)c2)n[nH]1. The van der Waals surface area contributed by atoms with Crippen LogP contribution in [0, 0.1) is 12.8 Å². The van der Waals surface area contributed by atoms with Crippen LogP contribution >= 0.6 is 0 Å². The summed E-state index contributed by atoms with van der Waals surface area (Å²) in [5, 5.41) is 19.5. The molecular weight excluding hydrogens is 316 g/mol. The first-order valence-electron chi connectivity index (χ1n) is 9.08. The number of rotatable bonds is 6. The molecule has 0 saturated heterocycles. The number of carbonyl (C=O) groups is 1. The molecule has 1 aromatic carbocycles. The Morgan fingerprint density at radius 2 is 2.16 bits per heavy atom. The molecule has 2 aromatic rings. The van der Waals surface area contributed by atoms with Crippen molar-refractivity contribution in [3.63, 3.8) is 0 Å². The molecule has 1 fully saturated rings. The number of aromatic amines is 1. The van der Waals surface area contributed by atoms with E-state index in [-0.39, 0.29) is 18.6 Å². The molecule has 1 unspecified atom stereocenters. The highest BCUT2D eigenvalue weighted by molar-refractivity contribution is 5.95. The quantitative estimate of drug-likeness (QED) is 0.753. The van der Waals surface area contributed by atoms with Gasteiger partial charge in [0, 0.05) is 23.8 Å². The van der Waals surface area contributed by atoms with Crippen LogP contribution in [0.4, 0.5) is 0 Å². The van der Waals surface area contributed by atoms with Crippen LogP contribution in [0.3, 0.4) is 0 Å². The number of H-pyrrole nitrogens is 1. The summed E-state index contributed by atoms with van der Waals surface area (Å²) in [5.74, 6) is 1.69. The summed E-state index contributed by atoms with van der Waals surface area (Å²) in [6.07, 6.45) is 6.55. The summed E-state index contributed by atoms with van der Waals surface area (Å²) in [4.78, 5) is 17.0. The molecule has 1 amide bonds. The second kappa shape index (κ2) is 8.25. The van der Waals surface area contributed by atoms with Crippen molar-refractivity contribution in [1.82, 2.24) is 20.5 Å². The van der Waals surface area contributed by atoms with Gasteiger partial charge in [-0.2, -0.15) is 5.10 Å². The predicted octanol–water partition coefficient (Wildman–Crippen LogP) is 2.84. The average Bonchev–Trinajstić information content (AvgIpc) is 3.08. The number of aliphatic hydroxyl groups is 1. The lowest BCUT2D eigenvalue weighted by Crippen LogP contribution is -2.41. The van der Waals surface area contributed by atoms with Gasteiger partial charge in [0.1, 0.15) is 5.82 Å². The third-order valence-corrected chi connectivity index (χ3v) is 4.96. The van der Waals surface area contributed by atoms with Crippen molar-refractivity contribution in [1.29, 1.82) is 0 Å². The molecule has 3 rings (SSSR count). The van der Waals surface area contributed by atoms with E-state index in [0.717, 1.165) is 24.2 Å². The molecule has 3 N–H and O–H groups in total. The minimum absolute atomic E-state index is 0.0345. The lowest BCUT2D eigenvalue weighted by molar-refractivity contribution is 0.0899. The predicted molar refractivity (Wildman–Crippen MR) is 96.1 cm³/mol. The van der Waals surface area contributed by atoms with Gasteiger partial charge in [0.05, 0.1) is 0 Å². The minimum atomic E-state index is -0.0990. The zero-order valence-corrected chi connectivity index (χ0v) is 14.7. The number of aromatic nitrogens is 3. The Balaban J connectivity index is 1.72. The van der Waals surface area contributed by atoms with Gasteiger partial charge in [-0.25, -0.2) is 4.98 Å². The third-order valence-electron chi connectivity index (χ3n) is 4.96. The van der Waals surface area contributed by atoms with Crippen molar-refractivity contribution < 1.29 is 9.90 Å². The molecule has 1 atom stereocenters. The summed E-state index contributed by atoms with van der Waals surface area (Å²) >= 11 is 0. The third kappa shape index (κ3) is 4.45. The summed E-state index contributed by atoms with van der Waals surface area (Å²) in [6.45, 7) is 1.94. The normalized spacial score (nSPS) is 16.6. The molecule has 1 heterocycles. The Labute approximate surface area is 148 Å². The number of aliphatic hydroxyl groups excluding tert-OH is 1. The van der Waals surface area contributed by atoms with Crippen molar-refractivity contribution in [2.24, 2.45) is 5.92 Å². The highest BCUT2D eigenvalue weighted by Gasteiger charge is 2.25. The van der Waals surface area contributed by atoms with Gasteiger partial charge in [-0.1, -0.05) is 31.4 Å². The molecule has 0 aliphatic heterocycles. The zero-order chi connectivity index (χ0) is 17.6. The number of aryl methyl sites for hydroxylation is 1. The van der Waals surface area contributed by atoms with Gasteiger partial charge in [0.2, 0.25) is 0 Å². The van der Waals surface area contributed by atoms with E-state index in [1.165, 1.54) is 19.3 Å². The highest BCUT2D eigenvalue weighted by atomic mass is 16.3. The smallest absolute Gasteiger partial charge is 0.251 e. The maximum Gasteiger partial charge on any atom is 0.251 e. The molecule has 134 valence electrons. The highest BCUT2D eigenvalue weighted by Crippen LogP contribution is 2.28. The van der Waals surface area contributed by atoms with Crippen LogP contribution in [0.15, 0.2) is 24.3 Å². The summed E-state index contributed by atoms with van der Waals surface area (Å²) < 4.78 is 0. The van der Waals surface area contributed by atoms with Gasteiger partial charge < -0.3 is 10.4 Å². The number of nitrogens with zero attached hydrogens (tertiary/aromatic N) is 2. The summed E-state index contributed by atoms with van der Waals surface area (Å²) in [6, 6.07) is 7.39. The molecule has 6 nitrogen and oxygen atoms in total. The Hall–Kier alpha value is -2.21. The van der Waals surface area contributed by atoms with Crippen molar-refractivity contribution in [2.75, 3.05) is 6.61 Å². The molecule has 25 heavy (non-hydrogen) atoms. The Bertz CT molecular complexity index is 707. The molecule has 1 aromatic heterocycles. The van der Waals surface area contributed by atoms with Crippen LogP contribution in [-0.2, 0) is 0 Å². The first kappa shape index (κ1) is 17.6. The van der Waals surface area contributed by atoms with E-state index < -0.39 is 0 Å². The minimum Gasteiger partial charge on any atom is -0.396 e. The van der Waals surface area contributed by atoms with Crippen LogP contribution in [0.1, 0.15) is 54.7 Å². The molecule has 1 aliphatic rings. The molecule has 1 aliphatic carbocycles. The fourth-order valence-electron chi connectivity index (χ4n) is 3.62. The molecular formula is C19H26N4O2. The average molecular weight is 342 g/mol. The second-order valence-corrected chi connectivity index (χ2v) is 6.82. The van der Waals surface area contributed by atoms with E-state index in [1.54, 1.807) is 6.07 Å². The van der Waals surface area contributed by atoms with Crippen LogP contribution in [0.5, 0.6) is 0 Å². The first-order chi connectivity index (χ1) is 12.2. The topological polar surface area (TPSA) is 90.9 Å². The Morgan fingerprint density at radius 1 is 1.36 bits per heavy atom.